The molecule has 0 aliphatic heterocycles. The molecule has 8 heteroatoms. The van der Waals surface area contributed by atoms with Crippen molar-refractivity contribution in [3.05, 3.63) is 17.6 Å². The minimum atomic E-state index is -3.75. The van der Waals surface area contributed by atoms with Gasteiger partial charge < -0.3 is 14.3 Å². The van der Waals surface area contributed by atoms with E-state index in [1.807, 2.05) is 6.92 Å². The van der Waals surface area contributed by atoms with Gasteiger partial charge in [-0.25, -0.2) is 17.9 Å². The summed E-state index contributed by atoms with van der Waals surface area (Å²) in [5.41, 5.74) is 0. The first kappa shape index (κ1) is 15.7. The molecule has 0 saturated carbocycles. The number of nitrogens with one attached hydrogen (secondary N) is 1. The molecule has 1 aromatic rings. The number of rotatable bonds is 8. The largest absolute Gasteiger partial charge is 0.475 e. The normalized spacial score (nSPS) is 11.7. The highest BCUT2D eigenvalue weighted by molar-refractivity contribution is 7.89. The molecule has 0 aliphatic carbocycles. The lowest BCUT2D eigenvalue weighted by Gasteiger charge is -2.05. The number of carbonyl (C=O) groups is 1. The van der Waals surface area contributed by atoms with E-state index in [0.717, 1.165) is 6.07 Å². The number of hydrogen-bond donors (Lipinski definition) is 2. The Morgan fingerprint density at radius 1 is 1.53 bits per heavy atom. The molecule has 0 radical (unpaired) electrons. The van der Waals surface area contributed by atoms with Crippen molar-refractivity contribution in [2.24, 2.45) is 0 Å². The second-order valence-electron chi connectivity index (χ2n) is 3.78. The van der Waals surface area contributed by atoms with Gasteiger partial charge in [0, 0.05) is 25.8 Å². The van der Waals surface area contributed by atoms with Gasteiger partial charge in [0.1, 0.15) is 10.7 Å². The summed E-state index contributed by atoms with van der Waals surface area (Å²) < 4.78 is 36.1. The van der Waals surface area contributed by atoms with Crippen LogP contribution in [0.5, 0.6) is 0 Å². The standard InChI is InChI=1S/C11H17NO6S/c1-3-17-6-4-5-12-19(15,16)10-7-9(11(13)14)18-8(10)2/h7,12H,3-6H2,1-2H3,(H,13,14). The van der Waals surface area contributed by atoms with Crippen LogP contribution in [-0.2, 0) is 14.8 Å². The molecule has 1 heterocycles. The van der Waals surface area contributed by atoms with E-state index in [2.05, 4.69) is 4.72 Å². The van der Waals surface area contributed by atoms with Crippen molar-refractivity contribution >= 4 is 16.0 Å². The number of sulfonamides is 1. The Bertz CT molecular complexity index is 533. The van der Waals surface area contributed by atoms with Gasteiger partial charge in [0.2, 0.25) is 15.8 Å². The van der Waals surface area contributed by atoms with Crippen molar-refractivity contribution in [2.75, 3.05) is 19.8 Å². The van der Waals surface area contributed by atoms with E-state index in [-0.39, 0.29) is 17.2 Å². The van der Waals surface area contributed by atoms with Crippen LogP contribution in [0, 0.1) is 6.92 Å². The fourth-order valence-corrected chi connectivity index (χ4v) is 2.69. The second-order valence-corrected chi connectivity index (χ2v) is 5.52. The molecule has 1 aromatic heterocycles. The van der Waals surface area contributed by atoms with Gasteiger partial charge in [-0.3, -0.25) is 0 Å². The van der Waals surface area contributed by atoms with E-state index in [4.69, 9.17) is 14.3 Å². The predicted molar refractivity (Wildman–Crippen MR) is 66.7 cm³/mol. The van der Waals surface area contributed by atoms with Gasteiger partial charge in [0.05, 0.1) is 0 Å². The van der Waals surface area contributed by atoms with Crippen LogP contribution >= 0.6 is 0 Å². The minimum Gasteiger partial charge on any atom is -0.475 e. The molecule has 19 heavy (non-hydrogen) atoms. The highest BCUT2D eigenvalue weighted by atomic mass is 32.2. The molecule has 1 rings (SSSR count). The number of carboxylic acid groups (broad SMARTS) is 1. The Balaban J connectivity index is 2.69. The summed E-state index contributed by atoms with van der Waals surface area (Å²) in [5.74, 6) is -1.65. The fourth-order valence-electron chi connectivity index (χ4n) is 1.44. The summed E-state index contributed by atoms with van der Waals surface area (Å²) >= 11 is 0. The van der Waals surface area contributed by atoms with E-state index < -0.39 is 21.8 Å². The highest BCUT2D eigenvalue weighted by Gasteiger charge is 2.23. The van der Waals surface area contributed by atoms with Crippen molar-refractivity contribution in [3.8, 4) is 0 Å². The average Bonchev–Trinajstić information content (AvgIpc) is 2.72. The smallest absolute Gasteiger partial charge is 0.371 e. The molecule has 0 amide bonds. The van der Waals surface area contributed by atoms with Gasteiger partial charge in [-0.1, -0.05) is 0 Å². The summed E-state index contributed by atoms with van der Waals surface area (Å²) in [6.45, 7) is 4.52. The minimum absolute atomic E-state index is 0.0507. The van der Waals surface area contributed by atoms with E-state index in [0.29, 0.717) is 19.6 Å². The van der Waals surface area contributed by atoms with Crippen LogP contribution in [-0.4, -0.2) is 39.3 Å². The Labute approximate surface area is 111 Å². The molecule has 0 fully saturated rings. The first-order chi connectivity index (χ1) is 8.88. The molecular weight excluding hydrogens is 274 g/mol. The Kier molecular flexibility index (Phi) is 5.52. The van der Waals surface area contributed by atoms with Crippen LogP contribution < -0.4 is 4.72 Å². The fraction of sp³-hybridized carbons (Fsp3) is 0.545. The number of ether oxygens (including phenoxy) is 1. The van der Waals surface area contributed by atoms with E-state index in [1.54, 1.807) is 0 Å². The lowest BCUT2D eigenvalue weighted by molar-refractivity contribution is 0.0661. The maximum Gasteiger partial charge on any atom is 0.371 e. The summed E-state index contributed by atoms with van der Waals surface area (Å²) in [4.78, 5) is 10.5. The van der Waals surface area contributed by atoms with Crippen molar-refractivity contribution in [1.29, 1.82) is 0 Å². The monoisotopic (exact) mass is 291 g/mol. The lowest BCUT2D eigenvalue weighted by atomic mass is 10.4. The quantitative estimate of drug-likeness (QED) is 0.692. The molecule has 0 unspecified atom stereocenters. The maximum atomic E-state index is 11.9. The highest BCUT2D eigenvalue weighted by Crippen LogP contribution is 2.19. The van der Waals surface area contributed by atoms with Crippen LogP contribution in [0.2, 0.25) is 0 Å². The van der Waals surface area contributed by atoms with Gasteiger partial charge in [-0.2, -0.15) is 0 Å². The van der Waals surface area contributed by atoms with E-state index in [9.17, 15) is 13.2 Å². The lowest BCUT2D eigenvalue weighted by Crippen LogP contribution is -2.25. The zero-order valence-corrected chi connectivity index (χ0v) is 11.6. The van der Waals surface area contributed by atoms with Crippen LogP contribution in [0.1, 0.15) is 29.7 Å². The van der Waals surface area contributed by atoms with Crippen LogP contribution in [0.15, 0.2) is 15.4 Å². The summed E-state index contributed by atoms with van der Waals surface area (Å²) in [7, 11) is -3.75. The van der Waals surface area contributed by atoms with Gasteiger partial charge in [-0.05, 0) is 20.3 Å². The van der Waals surface area contributed by atoms with E-state index >= 15 is 0 Å². The molecule has 0 bridgehead atoms. The molecule has 7 nitrogen and oxygen atoms in total. The molecule has 2 N–H and O–H groups in total. The Morgan fingerprint density at radius 2 is 2.21 bits per heavy atom. The predicted octanol–water partition coefficient (Wildman–Crippen LogP) is 0.991. The van der Waals surface area contributed by atoms with Crippen molar-refractivity contribution < 1.29 is 27.5 Å². The van der Waals surface area contributed by atoms with Crippen LogP contribution in [0.25, 0.3) is 0 Å². The van der Waals surface area contributed by atoms with Crippen molar-refractivity contribution in [2.45, 2.75) is 25.2 Å². The first-order valence-electron chi connectivity index (χ1n) is 5.79. The third kappa shape index (κ3) is 4.34. The van der Waals surface area contributed by atoms with Gasteiger partial charge in [-0.15, -0.1) is 0 Å². The third-order valence-corrected chi connectivity index (χ3v) is 3.90. The van der Waals surface area contributed by atoms with Crippen LogP contribution in [0.4, 0.5) is 0 Å². The van der Waals surface area contributed by atoms with E-state index in [1.165, 1.54) is 6.92 Å². The van der Waals surface area contributed by atoms with Gasteiger partial charge in [0.15, 0.2) is 0 Å². The third-order valence-electron chi connectivity index (χ3n) is 2.33. The number of aryl methyl sites for hydroxylation is 1. The zero-order chi connectivity index (χ0) is 14.5. The van der Waals surface area contributed by atoms with Gasteiger partial charge >= 0.3 is 5.97 Å². The number of hydrogen-bond acceptors (Lipinski definition) is 5. The summed E-state index contributed by atoms with van der Waals surface area (Å²) in [6.07, 6.45) is 0.537. The average molecular weight is 291 g/mol. The molecular formula is C11H17NO6S. The SMILES string of the molecule is CCOCCCNS(=O)(=O)c1cc(C(=O)O)oc1C. The Morgan fingerprint density at radius 3 is 2.74 bits per heavy atom. The first-order valence-corrected chi connectivity index (χ1v) is 7.28. The van der Waals surface area contributed by atoms with Crippen LogP contribution in [0.3, 0.4) is 0 Å². The van der Waals surface area contributed by atoms with Crippen molar-refractivity contribution in [3.63, 3.8) is 0 Å². The maximum absolute atomic E-state index is 11.9. The molecule has 0 aliphatic rings. The topological polar surface area (TPSA) is 106 Å². The molecule has 0 spiro atoms. The van der Waals surface area contributed by atoms with Crippen molar-refractivity contribution in [1.82, 2.24) is 4.72 Å². The molecule has 0 aromatic carbocycles. The molecule has 108 valence electrons. The number of furan rings is 1. The zero-order valence-electron chi connectivity index (χ0n) is 10.8. The molecule has 0 atom stereocenters. The summed E-state index contributed by atoms with van der Waals surface area (Å²) in [6, 6.07) is 1.00. The van der Waals surface area contributed by atoms with Gasteiger partial charge in [0.25, 0.3) is 0 Å². The second kappa shape index (κ2) is 6.69. The molecule has 0 saturated heterocycles. The summed E-state index contributed by atoms with van der Waals surface area (Å²) in [5, 5.41) is 8.74. The number of carboxylic acids is 1. The number of aromatic carboxylic acids is 1. The Hall–Kier alpha value is -1.38.